The first-order chi connectivity index (χ1) is 39.0. The van der Waals surface area contributed by atoms with E-state index in [-0.39, 0.29) is 165 Å². The van der Waals surface area contributed by atoms with Crippen molar-refractivity contribution in [3.63, 3.8) is 0 Å². The van der Waals surface area contributed by atoms with Crippen molar-refractivity contribution in [1.29, 1.82) is 0 Å². The van der Waals surface area contributed by atoms with E-state index in [4.69, 9.17) is 80.5 Å². The molecule has 0 aromatic rings. The monoisotopic (exact) mass is 1140 g/mol. The van der Waals surface area contributed by atoms with E-state index in [1.54, 1.807) is 7.11 Å². The number of aliphatic hydroxyl groups is 1. The molecule has 3 spiro atoms. The molecule has 19 nitrogen and oxygen atoms in total. The second-order valence-corrected chi connectivity index (χ2v) is 28.4. The smallest absolute Gasteiger partial charge is 0.308 e. The average molecular weight is 1140 g/mol. The molecular weight excluding hydrogens is 1050 g/mol. The lowest BCUT2D eigenvalue weighted by Crippen LogP contribution is -2.62. The molecule has 450 valence electrons. The molecule has 0 radical (unpaired) electrons. The molecule has 17 saturated heterocycles. The molecule has 19 heteroatoms. The van der Waals surface area contributed by atoms with Crippen LogP contribution in [-0.2, 0) is 85.3 Å². The van der Waals surface area contributed by atoms with Crippen molar-refractivity contribution in [3.05, 3.63) is 24.3 Å². The SMILES string of the molecule is C=C1C[C@@H]2CC[C@@]34C[C@H]5O[C@@H]6[C@@H](O[C@H]7CC[C@H](CC(=O)OC8[C@@H](C)C9OC%10C[C@]%11(C[C@@H]%12O[C@]%13(C[C@H](C)[C@@H]%14O[C@@H]%15C[C@@](CCO)(OC)O[C@@H]%15C[C@@H]%14O%13)C[C@H](C)[C@@H]%12O%11)OC%10CC9O[C@H]8C[C@H]8O[C@@H](CC[C@@H]1O2)C[C@@H](C)C8=C)OC7[C@@H]6O3)[C@H]5O4. The van der Waals surface area contributed by atoms with Crippen LogP contribution in [0.25, 0.3) is 0 Å². The van der Waals surface area contributed by atoms with Gasteiger partial charge in [0.1, 0.15) is 36.6 Å². The van der Waals surface area contributed by atoms with Crippen molar-refractivity contribution >= 4 is 5.97 Å². The summed E-state index contributed by atoms with van der Waals surface area (Å²) in [5, 5.41) is 9.83. The van der Waals surface area contributed by atoms with Gasteiger partial charge < -0.3 is 85.6 Å². The molecule has 32 atom stereocenters. The standard InChI is InChI=1S/C62H88O19/c1-28-16-34-8-10-37-29(2)17-36(66-37)12-13-60-26-47-55(80-60)56-57(73-47)58(81-60)54-38(70-56)11-9-35(68-54)18-49(64)74-53-33(6)52-43(69-42(53)19-39(67-34)32(28)5)20-40-46(72-52)25-62(76-40)27-48-51(79-62)31(4)23-61(78-48)22-30(3)50-44(77-61)21-41-45(71-50)24-59(65-7,75-41)14-15-63/h28,30-31,33-48,50-58,63H,2,5,8-27H2,1,3-4,6-7H3/t28-,30+,31+,33+,34+,35-,36+,37+,38+,39-,40?,41-,42+,43?,44+,45-,46?,47-,48+,50+,51+,52?,53?,54?,55+,56+,57-,58+,59+,60+,61-,62+/m1/s1. The lowest BCUT2D eigenvalue weighted by atomic mass is 9.78. The number of carbonyl (C=O) groups excluding carboxylic acids is 1. The summed E-state index contributed by atoms with van der Waals surface area (Å²) in [6, 6.07) is 0. The zero-order valence-corrected chi connectivity index (χ0v) is 48.0. The molecule has 17 rings (SSSR count). The Kier molecular flexibility index (Phi) is 13.6. The molecule has 17 aliphatic rings. The number of fused-ring (bicyclic) bond motifs is 11. The van der Waals surface area contributed by atoms with Crippen LogP contribution < -0.4 is 0 Å². The van der Waals surface area contributed by atoms with Crippen molar-refractivity contribution in [2.45, 2.75) is 319 Å². The van der Waals surface area contributed by atoms with Crippen LogP contribution in [0, 0.1) is 23.7 Å². The van der Waals surface area contributed by atoms with E-state index >= 15 is 0 Å². The Morgan fingerprint density at radius 1 is 0.481 bits per heavy atom. The number of esters is 1. The third-order valence-corrected chi connectivity index (χ3v) is 22.9. The van der Waals surface area contributed by atoms with Gasteiger partial charge in [0.05, 0.1) is 116 Å². The van der Waals surface area contributed by atoms with Gasteiger partial charge in [0.2, 0.25) is 0 Å². The van der Waals surface area contributed by atoms with E-state index in [1.165, 1.54) is 0 Å². The van der Waals surface area contributed by atoms with Gasteiger partial charge in [-0.05, 0) is 73.8 Å². The Bertz CT molecular complexity index is 2450. The first kappa shape index (κ1) is 54.6. The van der Waals surface area contributed by atoms with E-state index in [9.17, 15) is 9.90 Å². The molecule has 17 heterocycles. The van der Waals surface area contributed by atoms with Gasteiger partial charge in [-0.1, -0.05) is 40.9 Å². The molecule has 0 aliphatic carbocycles. The number of rotatable bonds is 3. The number of ether oxygens (including phenoxy) is 17. The Labute approximate surface area is 475 Å². The van der Waals surface area contributed by atoms with Gasteiger partial charge in [0.15, 0.2) is 23.1 Å². The third-order valence-electron chi connectivity index (χ3n) is 22.9. The minimum Gasteiger partial charge on any atom is -0.459 e. The van der Waals surface area contributed by atoms with Crippen molar-refractivity contribution in [2.75, 3.05) is 13.7 Å². The summed E-state index contributed by atoms with van der Waals surface area (Å²) in [4.78, 5) is 14.6. The lowest BCUT2D eigenvalue weighted by Gasteiger charge is -2.54. The number of aliphatic hydroxyl groups excluding tert-OH is 1. The predicted molar refractivity (Wildman–Crippen MR) is 281 cm³/mol. The summed E-state index contributed by atoms with van der Waals surface area (Å²) < 4.78 is 117. The van der Waals surface area contributed by atoms with E-state index in [2.05, 4.69) is 40.9 Å². The van der Waals surface area contributed by atoms with Crippen LogP contribution in [-0.4, -0.2) is 194 Å². The second kappa shape index (κ2) is 20.2. The Morgan fingerprint density at radius 3 is 1.98 bits per heavy atom. The van der Waals surface area contributed by atoms with Gasteiger partial charge >= 0.3 is 5.97 Å². The van der Waals surface area contributed by atoms with E-state index in [0.717, 1.165) is 49.7 Å². The van der Waals surface area contributed by atoms with E-state index in [0.29, 0.717) is 77.0 Å². The van der Waals surface area contributed by atoms with Crippen LogP contribution in [0.4, 0.5) is 0 Å². The second-order valence-electron chi connectivity index (χ2n) is 28.4. The molecule has 0 saturated carbocycles. The van der Waals surface area contributed by atoms with Crippen LogP contribution in [0.2, 0.25) is 0 Å². The van der Waals surface area contributed by atoms with Crippen LogP contribution in [0.15, 0.2) is 24.3 Å². The van der Waals surface area contributed by atoms with Crippen molar-refractivity contribution < 1.29 is 90.4 Å². The first-order valence-electron chi connectivity index (χ1n) is 31.7. The molecule has 17 aliphatic heterocycles. The molecule has 12 bridgehead atoms. The van der Waals surface area contributed by atoms with E-state index in [1.807, 2.05) is 0 Å². The summed E-state index contributed by atoms with van der Waals surface area (Å²) in [6.07, 6.45) is 6.14. The fourth-order valence-corrected chi connectivity index (χ4v) is 19.1. The van der Waals surface area contributed by atoms with Crippen LogP contribution in [0.5, 0.6) is 0 Å². The number of methoxy groups -OCH3 is 1. The molecule has 6 unspecified atom stereocenters. The zero-order chi connectivity index (χ0) is 55.1. The van der Waals surface area contributed by atoms with Crippen molar-refractivity contribution in [1.82, 2.24) is 0 Å². The highest BCUT2D eigenvalue weighted by Crippen LogP contribution is 2.58. The van der Waals surface area contributed by atoms with Crippen LogP contribution in [0.1, 0.15) is 150 Å². The highest BCUT2D eigenvalue weighted by Gasteiger charge is 2.70. The first-order valence-corrected chi connectivity index (χ1v) is 31.7. The largest absolute Gasteiger partial charge is 0.459 e. The van der Waals surface area contributed by atoms with Gasteiger partial charge in [0.25, 0.3) is 0 Å². The highest BCUT2D eigenvalue weighted by atomic mass is 16.8. The van der Waals surface area contributed by atoms with Gasteiger partial charge in [-0.25, -0.2) is 0 Å². The van der Waals surface area contributed by atoms with Crippen LogP contribution in [0.3, 0.4) is 0 Å². The zero-order valence-electron chi connectivity index (χ0n) is 48.0. The topological polar surface area (TPSA) is 194 Å². The summed E-state index contributed by atoms with van der Waals surface area (Å²) >= 11 is 0. The number of hydrogen-bond acceptors (Lipinski definition) is 19. The minimum atomic E-state index is -0.900. The molecule has 17 fully saturated rings. The maximum atomic E-state index is 14.6. The molecule has 81 heavy (non-hydrogen) atoms. The Hall–Kier alpha value is -1.73. The van der Waals surface area contributed by atoms with Gasteiger partial charge in [0, 0.05) is 90.3 Å². The summed E-state index contributed by atoms with van der Waals surface area (Å²) in [7, 11) is 1.64. The van der Waals surface area contributed by atoms with Crippen molar-refractivity contribution in [2.24, 2.45) is 23.7 Å². The fraction of sp³-hybridized carbons (Fsp3) is 0.919. The summed E-state index contributed by atoms with van der Waals surface area (Å²) in [5.74, 6) is -3.40. The predicted octanol–water partition coefficient (Wildman–Crippen LogP) is 6.34. The number of hydrogen-bond donors (Lipinski definition) is 1. The molecule has 1 N–H and O–H groups in total. The third kappa shape index (κ3) is 9.22. The van der Waals surface area contributed by atoms with Gasteiger partial charge in [-0.3, -0.25) is 4.79 Å². The normalized spacial score (nSPS) is 58.9. The van der Waals surface area contributed by atoms with Crippen molar-refractivity contribution in [3.8, 4) is 0 Å². The number of carbonyl (C=O) groups is 1. The van der Waals surface area contributed by atoms with Gasteiger partial charge in [-0.2, -0.15) is 0 Å². The van der Waals surface area contributed by atoms with E-state index < -0.39 is 47.6 Å². The summed E-state index contributed by atoms with van der Waals surface area (Å²) in [5.41, 5.74) is 2.17. The molecule has 0 aromatic carbocycles. The van der Waals surface area contributed by atoms with Crippen LogP contribution >= 0.6 is 0 Å². The average Bonchev–Trinajstić information content (AvgIpc) is 4.47. The summed E-state index contributed by atoms with van der Waals surface area (Å²) in [6.45, 7) is 18.0. The quantitative estimate of drug-likeness (QED) is 0.243. The maximum absolute atomic E-state index is 14.6. The molecule has 0 aromatic heterocycles. The maximum Gasteiger partial charge on any atom is 0.308 e. The molecule has 0 amide bonds. The highest BCUT2D eigenvalue weighted by molar-refractivity contribution is 5.70. The fourth-order valence-electron chi connectivity index (χ4n) is 19.1. The Morgan fingerprint density at radius 2 is 1.12 bits per heavy atom. The van der Waals surface area contributed by atoms with Gasteiger partial charge in [-0.15, -0.1) is 0 Å². The minimum absolute atomic E-state index is 0.0111. The Balaban J connectivity index is 0.627. The molecular formula is C62H88O19. The lowest BCUT2D eigenvalue weighted by molar-refractivity contribution is -0.370.